The molecule has 0 saturated carbocycles. The standard InChI is InChI=1S/C20H31NO5/c1-5-6-12-21-17-9-7-16(8-10-17)19(23)25-15-14-24-13-11-18(22)26-20(2,3)4/h7-10,21H,5-6,11-15H2,1-4H3. The van der Waals surface area contributed by atoms with E-state index in [1.165, 1.54) is 0 Å². The van der Waals surface area contributed by atoms with Gasteiger partial charge in [-0.15, -0.1) is 0 Å². The minimum atomic E-state index is -0.492. The summed E-state index contributed by atoms with van der Waals surface area (Å²) in [5, 5.41) is 3.29. The molecule has 0 fully saturated rings. The first-order valence-electron chi connectivity index (χ1n) is 9.12. The Bertz CT molecular complexity index is 548. The van der Waals surface area contributed by atoms with Gasteiger partial charge in [0.25, 0.3) is 0 Å². The molecule has 0 atom stereocenters. The number of benzene rings is 1. The molecule has 6 nitrogen and oxygen atoms in total. The number of nitrogens with one attached hydrogen (secondary N) is 1. The Morgan fingerprint density at radius 3 is 2.35 bits per heavy atom. The van der Waals surface area contributed by atoms with E-state index in [4.69, 9.17) is 14.2 Å². The van der Waals surface area contributed by atoms with Crippen LogP contribution in [-0.2, 0) is 19.0 Å². The molecule has 1 rings (SSSR count). The predicted molar refractivity (Wildman–Crippen MR) is 101 cm³/mol. The fourth-order valence-electron chi connectivity index (χ4n) is 2.06. The van der Waals surface area contributed by atoms with Crippen LogP contribution in [0.1, 0.15) is 57.3 Å². The molecule has 1 aromatic carbocycles. The van der Waals surface area contributed by atoms with Gasteiger partial charge in [0, 0.05) is 12.2 Å². The molecule has 0 spiro atoms. The van der Waals surface area contributed by atoms with Crippen molar-refractivity contribution >= 4 is 17.6 Å². The van der Waals surface area contributed by atoms with Gasteiger partial charge < -0.3 is 19.5 Å². The van der Waals surface area contributed by atoms with Crippen LogP contribution in [0, 0.1) is 0 Å². The molecule has 1 aromatic rings. The maximum atomic E-state index is 11.9. The molecule has 0 radical (unpaired) electrons. The molecule has 0 aliphatic heterocycles. The Kier molecular flexibility index (Phi) is 9.73. The van der Waals surface area contributed by atoms with Gasteiger partial charge >= 0.3 is 11.9 Å². The summed E-state index contributed by atoms with van der Waals surface area (Å²) in [4.78, 5) is 23.4. The minimum Gasteiger partial charge on any atom is -0.460 e. The summed E-state index contributed by atoms with van der Waals surface area (Å²) in [6.45, 7) is 9.14. The Morgan fingerprint density at radius 1 is 1.04 bits per heavy atom. The van der Waals surface area contributed by atoms with Gasteiger partial charge in [-0.2, -0.15) is 0 Å². The number of anilines is 1. The topological polar surface area (TPSA) is 73.9 Å². The van der Waals surface area contributed by atoms with Crippen molar-refractivity contribution in [3.05, 3.63) is 29.8 Å². The summed E-state index contributed by atoms with van der Waals surface area (Å²) in [6.07, 6.45) is 2.42. The van der Waals surface area contributed by atoms with Crippen molar-refractivity contribution in [1.29, 1.82) is 0 Å². The highest BCUT2D eigenvalue weighted by Gasteiger charge is 2.15. The second kappa shape index (κ2) is 11.5. The molecule has 0 heterocycles. The van der Waals surface area contributed by atoms with Crippen molar-refractivity contribution < 1.29 is 23.8 Å². The van der Waals surface area contributed by atoms with Crippen LogP contribution in [0.5, 0.6) is 0 Å². The maximum Gasteiger partial charge on any atom is 0.338 e. The molecule has 0 aliphatic rings. The lowest BCUT2D eigenvalue weighted by Gasteiger charge is -2.19. The molecule has 1 N–H and O–H groups in total. The van der Waals surface area contributed by atoms with Crippen LogP contribution in [-0.4, -0.2) is 43.9 Å². The first-order valence-corrected chi connectivity index (χ1v) is 9.12. The average Bonchev–Trinajstić information content (AvgIpc) is 2.57. The van der Waals surface area contributed by atoms with E-state index in [2.05, 4.69) is 12.2 Å². The molecule has 26 heavy (non-hydrogen) atoms. The van der Waals surface area contributed by atoms with Gasteiger partial charge in [-0.05, 0) is 51.5 Å². The van der Waals surface area contributed by atoms with Gasteiger partial charge in [-0.3, -0.25) is 4.79 Å². The van der Waals surface area contributed by atoms with Crippen molar-refractivity contribution in [2.75, 3.05) is 31.7 Å². The number of hydrogen-bond acceptors (Lipinski definition) is 6. The van der Waals surface area contributed by atoms with Crippen molar-refractivity contribution in [3.63, 3.8) is 0 Å². The van der Waals surface area contributed by atoms with E-state index in [1.54, 1.807) is 12.1 Å². The second-order valence-electron chi connectivity index (χ2n) is 6.94. The number of carbonyl (C=O) groups is 2. The third-order valence-corrected chi connectivity index (χ3v) is 3.31. The van der Waals surface area contributed by atoms with Gasteiger partial charge in [-0.1, -0.05) is 13.3 Å². The van der Waals surface area contributed by atoms with E-state index < -0.39 is 5.60 Å². The maximum absolute atomic E-state index is 11.9. The summed E-state index contributed by atoms with van der Waals surface area (Å²) < 4.78 is 15.6. The molecule has 0 saturated heterocycles. The molecular formula is C20H31NO5. The molecule has 0 bridgehead atoms. The van der Waals surface area contributed by atoms with Gasteiger partial charge in [-0.25, -0.2) is 4.79 Å². The van der Waals surface area contributed by atoms with E-state index in [0.717, 1.165) is 25.1 Å². The van der Waals surface area contributed by atoms with Crippen LogP contribution >= 0.6 is 0 Å². The summed E-state index contributed by atoms with van der Waals surface area (Å²) in [5.74, 6) is -0.692. The smallest absolute Gasteiger partial charge is 0.338 e. The number of esters is 2. The van der Waals surface area contributed by atoms with E-state index in [1.807, 2.05) is 32.9 Å². The van der Waals surface area contributed by atoms with E-state index in [-0.39, 0.29) is 38.2 Å². The largest absolute Gasteiger partial charge is 0.460 e. The molecule has 0 aliphatic carbocycles. The molecule has 0 unspecified atom stereocenters. The van der Waals surface area contributed by atoms with Crippen molar-refractivity contribution in [3.8, 4) is 0 Å². The molecule has 0 aromatic heterocycles. The van der Waals surface area contributed by atoms with Crippen LogP contribution in [0.3, 0.4) is 0 Å². The first kappa shape index (κ1) is 22.0. The highest BCUT2D eigenvalue weighted by atomic mass is 16.6. The van der Waals surface area contributed by atoms with Crippen molar-refractivity contribution in [1.82, 2.24) is 0 Å². The normalized spacial score (nSPS) is 11.1. The number of rotatable bonds is 11. The molecule has 0 amide bonds. The summed E-state index contributed by atoms with van der Waals surface area (Å²) in [5.41, 5.74) is 0.994. The number of hydrogen-bond donors (Lipinski definition) is 1. The minimum absolute atomic E-state index is 0.143. The zero-order valence-electron chi connectivity index (χ0n) is 16.3. The van der Waals surface area contributed by atoms with Crippen LogP contribution in [0.2, 0.25) is 0 Å². The van der Waals surface area contributed by atoms with Crippen molar-refractivity contribution in [2.24, 2.45) is 0 Å². The number of carbonyl (C=O) groups excluding carboxylic acids is 2. The van der Waals surface area contributed by atoms with E-state index in [9.17, 15) is 9.59 Å². The lowest BCUT2D eigenvalue weighted by atomic mass is 10.2. The fourth-order valence-corrected chi connectivity index (χ4v) is 2.06. The van der Waals surface area contributed by atoms with E-state index >= 15 is 0 Å². The second-order valence-corrected chi connectivity index (χ2v) is 6.94. The van der Waals surface area contributed by atoms with Crippen LogP contribution < -0.4 is 5.32 Å². The zero-order chi connectivity index (χ0) is 19.4. The third kappa shape index (κ3) is 10.0. The molecule has 146 valence electrons. The monoisotopic (exact) mass is 365 g/mol. The lowest BCUT2D eigenvalue weighted by Crippen LogP contribution is -2.24. The summed E-state index contributed by atoms with van der Waals surface area (Å²) >= 11 is 0. The van der Waals surface area contributed by atoms with Gasteiger partial charge in [0.05, 0.1) is 25.2 Å². The highest BCUT2D eigenvalue weighted by molar-refractivity contribution is 5.89. The molecule has 6 heteroatoms. The fraction of sp³-hybridized carbons (Fsp3) is 0.600. The Morgan fingerprint density at radius 2 is 1.73 bits per heavy atom. The van der Waals surface area contributed by atoms with E-state index in [0.29, 0.717) is 5.56 Å². The Balaban J connectivity index is 2.17. The average molecular weight is 365 g/mol. The first-order chi connectivity index (χ1) is 12.3. The number of unbranched alkanes of at least 4 members (excludes halogenated alkanes) is 1. The van der Waals surface area contributed by atoms with Gasteiger partial charge in [0.1, 0.15) is 12.2 Å². The summed E-state index contributed by atoms with van der Waals surface area (Å²) in [6, 6.07) is 7.20. The van der Waals surface area contributed by atoms with Crippen LogP contribution in [0.4, 0.5) is 5.69 Å². The van der Waals surface area contributed by atoms with Gasteiger partial charge in [0.15, 0.2) is 0 Å². The molecular weight excluding hydrogens is 334 g/mol. The SMILES string of the molecule is CCCCNc1ccc(C(=O)OCCOCCC(=O)OC(C)(C)C)cc1. The quantitative estimate of drug-likeness (QED) is 0.475. The van der Waals surface area contributed by atoms with Crippen LogP contribution in [0.15, 0.2) is 24.3 Å². The lowest BCUT2D eigenvalue weighted by molar-refractivity contribution is -0.156. The van der Waals surface area contributed by atoms with Gasteiger partial charge in [0.2, 0.25) is 0 Å². The Labute approximate surface area is 156 Å². The highest BCUT2D eigenvalue weighted by Crippen LogP contribution is 2.11. The Hall–Kier alpha value is -2.08. The van der Waals surface area contributed by atoms with Crippen LogP contribution in [0.25, 0.3) is 0 Å². The summed E-state index contributed by atoms with van der Waals surface area (Å²) in [7, 11) is 0. The zero-order valence-corrected chi connectivity index (χ0v) is 16.3. The van der Waals surface area contributed by atoms with Crippen molar-refractivity contribution in [2.45, 2.75) is 52.6 Å². The predicted octanol–water partition coefficient (Wildman–Crippen LogP) is 3.80. The third-order valence-electron chi connectivity index (χ3n) is 3.31. The number of ether oxygens (including phenoxy) is 3.